The van der Waals surface area contributed by atoms with Crippen LogP contribution < -0.4 is 10.9 Å². The van der Waals surface area contributed by atoms with Gasteiger partial charge in [-0.25, -0.2) is 9.67 Å². The third-order valence-electron chi connectivity index (χ3n) is 7.64. The Morgan fingerprint density at radius 1 is 0.978 bits per heavy atom. The van der Waals surface area contributed by atoms with Crippen LogP contribution in [0.2, 0.25) is 10.0 Å². The minimum Gasteiger partial charge on any atom is -0.324 e. The molecule has 6 rings (SSSR count). The lowest BCUT2D eigenvalue weighted by Crippen LogP contribution is -2.28. The molecule has 0 fully saturated rings. The van der Waals surface area contributed by atoms with E-state index in [1.54, 1.807) is 6.07 Å². The van der Waals surface area contributed by atoms with E-state index < -0.39 is 17.9 Å². The Bertz CT molecular complexity index is 1980. The number of hydrogen-bond donors (Lipinski definition) is 1. The molecule has 1 amide bonds. The SMILES string of the molecule is C[C@@H]1CCC[C@H](n2c(-c3cc(Cl)ccc3-n3cc(C(F)(F)F)nn3)nccc2=O)c2cccc(c2)-c2ncc(Cl)cc2NC1=O. The summed E-state index contributed by atoms with van der Waals surface area (Å²) in [6, 6.07) is 14.3. The molecule has 9 nitrogen and oxygen atoms in total. The molecule has 1 N–H and O–H groups in total. The highest BCUT2D eigenvalue weighted by atomic mass is 35.5. The van der Waals surface area contributed by atoms with E-state index in [9.17, 15) is 22.8 Å². The molecule has 45 heavy (non-hydrogen) atoms. The summed E-state index contributed by atoms with van der Waals surface area (Å²) in [4.78, 5) is 35.9. The fraction of sp³-hybridized carbons (Fsp3) is 0.226. The van der Waals surface area contributed by atoms with Gasteiger partial charge >= 0.3 is 6.18 Å². The first-order valence-electron chi connectivity index (χ1n) is 13.9. The topological polar surface area (TPSA) is 108 Å². The van der Waals surface area contributed by atoms with Gasteiger partial charge in [-0.05, 0) is 48.7 Å². The van der Waals surface area contributed by atoms with E-state index in [2.05, 4.69) is 25.6 Å². The molecule has 2 aromatic carbocycles. The van der Waals surface area contributed by atoms with E-state index in [0.29, 0.717) is 41.2 Å². The van der Waals surface area contributed by atoms with Gasteiger partial charge in [0.2, 0.25) is 5.91 Å². The average molecular weight is 654 g/mol. The molecule has 2 bridgehead atoms. The zero-order valence-corrected chi connectivity index (χ0v) is 25.1. The summed E-state index contributed by atoms with van der Waals surface area (Å²) < 4.78 is 42.6. The summed E-state index contributed by atoms with van der Waals surface area (Å²) in [5.74, 6) is -0.389. The van der Waals surface area contributed by atoms with E-state index in [1.807, 2.05) is 31.2 Å². The van der Waals surface area contributed by atoms with Crippen LogP contribution in [-0.2, 0) is 11.0 Å². The van der Waals surface area contributed by atoms with Crippen LogP contribution in [0.1, 0.15) is 43.5 Å². The van der Waals surface area contributed by atoms with E-state index >= 15 is 0 Å². The zero-order chi connectivity index (χ0) is 31.9. The van der Waals surface area contributed by atoms with Crippen molar-refractivity contribution in [1.29, 1.82) is 0 Å². The van der Waals surface area contributed by atoms with Gasteiger partial charge in [-0.1, -0.05) is 60.0 Å². The number of nitrogens with one attached hydrogen (secondary N) is 1. The van der Waals surface area contributed by atoms with Gasteiger partial charge in [0.05, 0.1) is 34.3 Å². The number of halogens is 5. The molecule has 5 aromatic rings. The smallest absolute Gasteiger partial charge is 0.324 e. The van der Waals surface area contributed by atoms with Crippen molar-refractivity contribution in [2.45, 2.75) is 38.4 Å². The van der Waals surface area contributed by atoms with Crippen molar-refractivity contribution in [1.82, 2.24) is 29.5 Å². The summed E-state index contributed by atoms with van der Waals surface area (Å²) in [5, 5.41) is 10.6. The molecule has 230 valence electrons. The third-order valence-corrected chi connectivity index (χ3v) is 8.08. The Balaban J connectivity index is 1.55. The number of rotatable bonds is 3. The van der Waals surface area contributed by atoms with E-state index in [0.717, 1.165) is 16.4 Å². The molecule has 1 aliphatic heterocycles. The number of pyridine rings is 1. The average Bonchev–Trinajstić information content (AvgIpc) is 3.50. The highest BCUT2D eigenvalue weighted by molar-refractivity contribution is 6.31. The molecule has 2 atom stereocenters. The maximum absolute atomic E-state index is 13.7. The number of anilines is 1. The van der Waals surface area contributed by atoms with Crippen LogP contribution in [-0.4, -0.2) is 35.4 Å². The molecule has 0 spiro atoms. The molecule has 0 saturated heterocycles. The number of nitrogens with zero attached hydrogens (tertiary/aromatic N) is 6. The van der Waals surface area contributed by atoms with Crippen LogP contribution in [0.4, 0.5) is 18.9 Å². The van der Waals surface area contributed by atoms with E-state index in [4.69, 9.17) is 23.2 Å². The standard InChI is InChI=1S/C31H24Cl2F3N7O2/c1-17-4-2-7-24(18-5-3-6-19(12-18)28-23(39-30(17)45)14-21(33)15-38-28)43-27(44)10-11-37-29(43)22-13-20(32)8-9-25(22)42-16-26(40-41-42)31(34,35)36/h3,5-6,8-17,24H,2,4,7H2,1H3,(H,39,45)/t17-,24+/m1/s1. The first-order chi connectivity index (χ1) is 21.5. The lowest BCUT2D eigenvalue weighted by atomic mass is 9.93. The van der Waals surface area contributed by atoms with Gasteiger partial charge in [-0.3, -0.25) is 19.1 Å². The van der Waals surface area contributed by atoms with Gasteiger partial charge in [-0.15, -0.1) is 5.10 Å². The first kappa shape index (κ1) is 30.5. The highest BCUT2D eigenvalue weighted by Crippen LogP contribution is 2.37. The Kier molecular flexibility index (Phi) is 8.19. The summed E-state index contributed by atoms with van der Waals surface area (Å²) in [7, 11) is 0. The molecule has 14 heteroatoms. The van der Waals surface area contributed by atoms with Crippen molar-refractivity contribution in [3.63, 3.8) is 0 Å². The van der Waals surface area contributed by atoms with Crippen LogP contribution >= 0.6 is 23.2 Å². The quantitative estimate of drug-likeness (QED) is 0.220. The second-order valence-corrected chi connectivity index (χ2v) is 11.6. The normalized spacial score (nSPS) is 17.2. The number of alkyl halides is 3. The second-order valence-electron chi connectivity index (χ2n) is 10.7. The summed E-state index contributed by atoms with van der Waals surface area (Å²) in [6.45, 7) is 1.82. The predicted molar refractivity (Wildman–Crippen MR) is 163 cm³/mol. The highest BCUT2D eigenvalue weighted by Gasteiger charge is 2.35. The van der Waals surface area contributed by atoms with Gasteiger partial charge < -0.3 is 5.32 Å². The number of benzene rings is 2. The second kappa shape index (κ2) is 12.1. The van der Waals surface area contributed by atoms with Crippen LogP contribution in [0.15, 0.2) is 78.0 Å². The predicted octanol–water partition coefficient (Wildman–Crippen LogP) is 7.23. The number of aromatic nitrogens is 6. The largest absolute Gasteiger partial charge is 0.436 e. The number of carbonyl (C=O) groups excluding carboxylic acids is 1. The van der Waals surface area contributed by atoms with E-state index in [-0.39, 0.29) is 39.5 Å². The molecule has 4 heterocycles. The van der Waals surface area contributed by atoms with Gasteiger partial charge in [0, 0.05) is 40.5 Å². The summed E-state index contributed by atoms with van der Waals surface area (Å²) >= 11 is 12.6. The molecule has 0 unspecified atom stereocenters. The monoisotopic (exact) mass is 653 g/mol. The van der Waals surface area contributed by atoms with Crippen molar-refractivity contribution >= 4 is 34.8 Å². The van der Waals surface area contributed by atoms with Gasteiger partial charge in [-0.2, -0.15) is 13.2 Å². The van der Waals surface area contributed by atoms with Gasteiger partial charge in [0.25, 0.3) is 5.56 Å². The lowest BCUT2D eigenvalue weighted by molar-refractivity contribution is -0.141. The molecule has 0 aliphatic carbocycles. The zero-order valence-electron chi connectivity index (χ0n) is 23.6. The van der Waals surface area contributed by atoms with Crippen molar-refractivity contribution in [3.05, 3.63) is 105 Å². The Labute approximate surface area is 264 Å². The molecule has 1 aliphatic rings. The molecule has 0 radical (unpaired) electrons. The Morgan fingerprint density at radius 2 is 1.80 bits per heavy atom. The first-order valence-corrected chi connectivity index (χ1v) is 14.7. The number of hydrogen-bond acceptors (Lipinski definition) is 6. The van der Waals surface area contributed by atoms with Crippen molar-refractivity contribution in [2.75, 3.05) is 5.32 Å². The maximum atomic E-state index is 13.7. The molecular formula is C31H24Cl2F3N7O2. The lowest BCUT2D eigenvalue weighted by Gasteiger charge is -2.26. The Hall–Kier alpha value is -4.55. The molecule has 0 saturated carbocycles. The fourth-order valence-electron chi connectivity index (χ4n) is 5.42. The van der Waals surface area contributed by atoms with E-state index in [1.165, 1.54) is 41.2 Å². The third kappa shape index (κ3) is 6.20. The van der Waals surface area contributed by atoms with Crippen molar-refractivity contribution in [2.24, 2.45) is 5.92 Å². The minimum atomic E-state index is -4.70. The number of fused-ring (bicyclic) bond motifs is 4. The van der Waals surface area contributed by atoms with Crippen LogP contribution in [0.5, 0.6) is 0 Å². The maximum Gasteiger partial charge on any atom is 0.436 e. The summed E-state index contributed by atoms with van der Waals surface area (Å²) in [6.07, 6.45) is 0.402. The minimum absolute atomic E-state index is 0.169. The van der Waals surface area contributed by atoms with Crippen LogP contribution in [0, 0.1) is 5.92 Å². The summed E-state index contributed by atoms with van der Waals surface area (Å²) in [5.41, 5.74) is 1.31. The van der Waals surface area contributed by atoms with Gasteiger partial charge in [0.15, 0.2) is 5.69 Å². The molecule has 3 aromatic heterocycles. The van der Waals surface area contributed by atoms with Crippen LogP contribution in [0.3, 0.4) is 0 Å². The van der Waals surface area contributed by atoms with Crippen molar-refractivity contribution in [3.8, 4) is 28.3 Å². The van der Waals surface area contributed by atoms with Gasteiger partial charge in [0.1, 0.15) is 5.82 Å². The Morgan fingerprint density at radius 3 is 2.58 bits per heavy atom. The molecular weight excluding hydrogens is 630 g/mol. The van der Waals surface area contributed by atoms with Crippen molar-refractivity contribution < 1.29 is 18.0 Å². The number of carbonyl (C=O) groups is 1. The fourth-order valence-corrected chi connectivity index (χ4v) is 5.75. The van der Waals surface area contributed by atoms with Crippen LogP contribution in [0.25, 0.3) is 28.3 Å². The number of amides is 1.